The Morgan fingerprint density at radius 3 is 2.07 bits per heavy atom. The third-order valence-corrected chi connectivity index (χ3v) is 7.06. The lowest BCUT2D eigenvalue weighted by molar-refractivity contribution is 0.393. The average molecular weight is 497 g/mol. The van der Waals surface area contributed by atoms with E-state index in [-0.39, 0.29) is 16.5 Å². The number of hydrogen-bond donors (Lipinski definition) is 0. The summed E-state index contributed by atoms with van der Waals surface area (Å²) in [4.78, 5) is 0.0412. The van der Waals surface area contributed by atoms with E-state index >= 15 is 0 Å². The largest absolute Gasteiger partial charge is 0.497 e. The van der Waals surface area contributed by atoms with E-state index in [2.05, 4.69) is 15.9 Å². The van der Waals surface area contributed by atoms with Gasteiger partial charge in [0.25, 0.3) is 10.0 Å². The van der Waals surface area contributed by atoms with Crippen molar-refractivity contribution in [3.63, 3.8) is 0 Å². The first-order chi connectivity index (χ1) is 13.8. The summed E-state index contributed by atoms with van der Waals surface area (Å²) in [5.41, 5.74) is 1.22. The van der Waals surface area contributed by atoms with Crippen molar-refractivity contribution >= 4 is 43.2 Å². The van der Waals surface area contributed by atoms with Gasteiger partial charge in [-0.05, 0) is 54.1 Å². The number of hydrogen-bond acceptors (Lipinski definition) is 4. The molecular weight excluding hydrogens is 478 g/mol. The van der Waals surface area contributed by atoms with Crippen molar-refractivity contribution in [2.24, 2.45) is 0 Å². The van der Waals surface area contributed by atoms with Gasteiger partial charge in [-0.25, -0.2) is 8.42 Å². The Morgan fingerprint density at radius 2 is 1.52 bits per heavy atom. The Balaban J connectivity index is 2.12. The van der Waals surface area contributed by atoms with Gasteiger partial charge in [-0.1, -0.05) is 39.7 Å². The summed E-state index contributed by atoms with van der Waals surface area (Å²) >= 11 is 9.59. The van der Waals surface area contributed by atoms with Gasteiger partial charge in [0.15, 0.2) is 0 Å². The molecule has 0 fully saturated rings. The van der Waals surface area contributed by atoms with Crippen LogP contribution in [0.2, 0.25) is 5.02 Å². The first-order valence-electron chi connectivity index (χ1n) is 8.60. The van der Waals surface area contributed by atoms with Gasteiger partial charge in [0.2, 0.25) is 0 Å². The lowest BCUT2D eigenvalue weighted by Crippen LogP contribution is -2.30. The minimum absolute atomic E-state index is 0.0412. The molecule has 0 bridgehead atoms. The van der Waals surface area contributed by atoms with Crippen molar-refractivity contribution < 1.29 is 17.9 Å². The summed E-state index contributed by atoms with van der Waals surface area (Å²) in [6.45, 7) is 0.0722. The second-order valence-corrected chi connectivity index (χ2v) is 9.29. The maximum atomic E-state index is 13.5. The van der Waals surface area contributed by atoms with Crippen molar-refractivity contribution in [3.05, 3.63) is 81.8 Å². The first-order valence-corrected chi connectivity index (χ1v) is 11.2. The monoisotopic (exact) mass is 495 g/mol. The summed E-state index contributed by atoms with van der Waals surface area (Å²) in [6.07, 6.45) is 0. The van der Waals surface area contributed by atoms with Crippen LogP contribution in [-0.4, -0.2) is 22.6 Å². The smallest absolute Gasteiger partial charge is 0.266 e. The zero-order valence-electron chi connectivity index (χ0n) is 15.8. The number of benzene rings is 3. The van der Waals surface area contributed by atoms with E-state index in [0.29, 0.717) is 22.7 Å². The SMILES string of the molecule is COc1cc(CN(c2ccc(Br)cc2)S(=O)(=O)c2ccccc2Cl)cc(OC)c1. The molecule has 0 saturated heterocycles. The molecule has 0 amide bonds. The summed E-state index contributed by atoms with van der Waals surface area (Å²) in [5, 5.41) is 0.165. The molecule has 29 heavy (non-hydrogen) atoms. The maximum Gasteiger partial charge on any atom is 0.266 e. The van der Waals surface area contributed by atoms with E-state index in [1.807, 2.05) is 0 Å². The minimum atomic E-state index is -3.93. The van der Waals surface area contributed by atoms with Crippen molar-refractivity contribution in [2.45, 2.75) is 11.4 Å². The first kappa shape index (κ1) is 21.5. The van der Waals surface area contributed by atoms with Crippen LogP contribution in [0, 0.1) is 0 Å². The van der Waals surface area contributed by atoms with Crippen molar-refractivity contribution in [1.29, 1.82) is 0 Å². The van der Waals surface area contributed by atoms with Crippen LogP contribution in [0.4, 0.5) is 5.69 Å². The second-order valence-electron chi connectivity index (χ2n) is 6.14. The molecule has 8 heteroatoms. The molecule has 0 aromatic heterocycles. The normalized spacial score (nSPS) is 11.2. The van der Waals surface area contributed by atoms with Crippen LogP contribution in [-0.2, 0) is 16.6 Å². The van der Waals surface area contributed by atoms with Crippen LogP contribution in [0.15, 0.2) is 76.1 Å². The molecule has 0 N–H and O–H groups in total. The van der Waals surface area contributed by atoms with Gasteiger partial charge in [0.05, 0.1) is 31.5 Å². The van der Waals surface area contributed by atoms with E-state index in [1.54, 1.807) is 74.9 Å². The van der Waals surface area contributed by atoms with E-state index in [4.69, 9.17) is 21.1 Å². The summed E-state index contributed by atoms with van der Waals surface area (Å²) in [6, 6.07) is 18.7. The van der Waals surface area contributed by atoms with E-state index < -0.39 is 10.0 Å². The number of ether oxygens (including phenoxy) is 2. The molecule has 0 aliphatic rings. The summed E-state index contributed by atoms with van der Waals surface area (Å²) in [5.74, 6) is 1.15. The molecule has 152 valence electrons. The Bertz CT molecular complexity index is 1080. The van der Waals surface area contributed by atoms with Crippen LogP contribution < -0.4 is 13.8 Å². The van der Waals surface area contributed by atoms with Gasteiger partial charge in [-0.3, -0.25) is 4.31 Å². The highest BCUT2D eigenvalue weighted by molar-refractivity contribution is 9.10. The Hall–Kier alpha value is -2.22. The van der Waals surface area contributed by atoms with Crippen LogP contribution in [0.5, 0.6) is 11.5 Å². The number of rotatable bonds is 7. The molecule has 3 aromatic rings. The predicted molar refractivity (Wildman–Crippen MR) is 119 cm³/mol. The highest BCUT2D eigenvalue weighted by Crippen LogP contribution is 2.32. The molecule has 0 radical (unpaired) electrons. The molecule has 3 rings (SSSR count). The quantitative estimate of drug-likeness (QED) is 0.432. The van der Waals surface area contributed by atoms with Crippen molar-refractivity contribution in [1.82, 2.24) is 0 Å². The lowest BCUT2D eigenvalue weighted by atomic mass is 10.2. The van der Waals surface area contributed by atoms with Gasteiger partial charge in [-0.15, -0.1) is 0 Å². The third kappa shape index (κ3) is 4.86. The van der Waals surface area contributed by atoms with E-state index in [1.165, 1.54) is 10.4 Å². The third-order valence-electron chi connectivity index (χ3n) is 4.26. The fourth-order valence-electron chi connectivity index (χ4n) is 2.82. The highest BCUT2D eigenvalue weighted by atomic mass is 79.9. The molecule has 5 nitrogen and oxygen atoms in total. The van der Waals surface area contributed by atoms with Crippen LogP contribution in [0.1, 0.15) is 5.56 Å². The Labute approximate surface area is 184 Å². The van der Waals surface area contributed by atoms with E-state index in [0.717, 1.165) is 4.47 Å². The highest BCUT2D eigenvalue weighted by Gasteiger charge is 2.27. The average Bonchev–Trinajstić information content (AvgIpc) is 2.72. The molecule has 0 aliphatic heterocycles. The summed E-state index contributed by atoms with van der Waals surface area (Å²) < 4.78 is 39.8. The van der Waals surface area contributed by atoms with Gasteiger partial charge >= 0.3 is 0 Å². The summed E-state index contributed by atoms with van der Waals surface area (Å²) in [7, 11) is -0.836. The number of anilines is 1. The predicted octanol–water partition coefficient (Wildman–Crippen LogP) is 5.52. The number of halogens is 2. The topological polar surface area (TPSA) is 55.8 Å². The molecule has 0 saturated carbocycles. The molecule has 0 atom stereocenters. The maximum absolute atomic E-state index is 13.5. The van der Waals surface area contributed by atoms with Crippen LogP contribution in [0.25, 0.3) is 0 Å². The van der Waals surface area contributed by atoms with Gasteiger partial charge in [-0.2, -0.15) is 0 Å². The van der Waals surface area contributed by atoms with Gasteiger partial charge in [0, 0.05) is 10.5 Å². The number of methoxy groups -OCH3 is 2. The Kier molecular flexibility index (Phi) is 6.72. The van der Waals surface area contributed by atoms with Crippen molar-refractivity contribution in [3.8, 4) is 11.5 Å². The second kappa shape index (κ2) is 9.07. The molecular formula is C21H19BrClNO4S. The molecule has 0 heterocycles. The van der Waals surface area contributed by atoms with Crippen LogP contribution >= 0.6 is 27.5 Å². The molecule has 0 aliphatic carbocycles. The minimum Gasteiger partial charge on any atom is -0.497 e. The molecule has 3 aromatic carbocycles. The lowest BCUT2D eigenvalue weighted by Gasteiger charge is -2.25. The van der Waals surface area contributed by atoms with Gasteiger partial charge < -0.3 is 9.47 Å². The molecule has 0 spiro atoms. The van der Waals surface area contributed by atoms with Crippen LogP contribution in [0.3, 0.4) is 0 Å². The number of sulfonamides is 1. The number of nitrogens with zero attached hydrogens (tertiary/aromatic N) is 1. The van der Waals surface area contributed by atoms with E-state index in [9.17, 15) is 8.42 Å². The zero-order chi connectivity index (χ0) is 21.0. The van der Waals surface area contributed by atoms with Gasteiger partial charge in [0.1, 0.15) is 16.4 Å². The zero-order valence-corrected chi connectivity index (χ0v) is 19.0. The fraction of sp³-hybridized carbons (Fsp3) is 0.143. The molecule has 0 unspecified atom stereocenters. The fourth-order valence-corrected chi connectivity index (χ4v) is 5.03. The van der Waals surface area contributed by atoms with Crippen molar-refractivity contribution in [2.75, 3.05) is 18.5 Å². The standard InChI is InChI=1S/C21H19BrClNO4S/c1-27-18-11-15(12-19(13-18)28-2)14-24(17-9-7-16(22)8-10-17)29(25,26)21-6-4-3-5-20(21)23/h3-13H,14H2,1-2H3. The Morgan fingerprint density at radius 1 is 0.931 bits per heavy atom.